The van der Waals surface area contributed by atoms with Gasteiger partial charge in [0.1, 0.15) is 12.1 Å². The summed E-state index contributed by atoms with van der Waals surface area (Å²) in [5.41, 5.74) is -0.550. The van der Waals surface area contributed by atoms with Gasteiger partial charge in [0.2, 0.25) is 5.91 Å². The van der Waals surface area contributed by atoms with Crippen molar-refractivity contribution in [3.8, 4) is 0 Å². The van der Waals surface area contributed by atoms with Crippen molar-refractivity contribution in [2.45, 2.75) is 71.3 Å². The number of hydrogen-bond acceptors (Lipinski definition) is 4. The number of nitrogens with one attached hydrogen (secondary N) is 3. The van der Waals surface area contributed by atoms with Crippen molar-refractivity contribution < 1.29 is 14.4 Å². The third-order valence-corrected chi connectivity index (χ3v) is 7.39. The minimum Gasteiger partial charge on any atom is -0.354 e. The van der Waals surface area contributed by atoms with Gasteiger partial charge in [-0.3, -0.25) is 14.5 Å². The lowest BCUT2D eigenvalue weighted by atomic mass is 9.65. The molecule has 3 rings (SSSR count). The molecule has 158 valence electrons. The lowest BCUT2D eigenvalue weighted by molar-refractivity contribution is -0.136. The molecule has 3 fully saturated rings. The van der Waals surface area contributed by atoms with E-state index in [9.17, 15) is 14.4 Å². The molecule has 1 saturated carbocycles. The average molecular weight is 393 g/mol. The summed E-state index contributed by atoms with van der Waals surface area (Å²) in [5.74, 6) is 0.505. The smallest absolute Gasteiger partial charge is 0.325 e. The Morgan fingerprint density at radius 3 is 2.57 bits per heavy atom. The molecular formula is C21H36N4O3. The molecular weight excluding hydrogens is 356 g/mol. The van der Waals surface area contributed by atoms with E-state index >= 15 is 0 Å². The van der Waals surface area contributed by atoms with Gasteiger partial charge in [0.25, 0.3) is 5.91 Å². The van der Waals surface area contributed by atoms with Crippen LogP contribution in [0.3, 0.4) is 0 Å². The monoisotopic (exact) mass is 392 g/mol. The zero-order valence-corrected chi connectivity index (χ0v) is 17.6. The maximum absolute atomic E-state index is 13.0. The van der Waals surface area contributed by atoms with Gasteiger partial charge in [0, 0.05) is 6.54 Å². The first kappa shape index (κ1) is 21.1. The molecule has 0 aromatic rings. The van der Waals surface area contributed by atoms with Gasteiger partial charge < -0.3 is 16.0 Å². The second-order valence-electron chi connectivity index (χ2n) is 9.54. The molecule has 7 nitrogen and oxygen atoms in total. The molecule has 1 atom stereocenters. The molecule has 2 saturated heterocycles. The fourth-order valence-corrected chi connectivity index (χ4v) is 4.90. The molecule has 0 aromatic carbocycles. The van der Waals surface area contributed by atoms with E-state index in [0.29, 0.717) is 31.2 Å². The van der Waals surface area contributed by atoms with E-state index in [1.54, 1.807) is 0 Å². The average Bonchev–Trinajstić information content (AvgIpc) is 2.91. The summed E-state index contributed by atoms with van der Waals surface area (Å²) < 4.78 is 0. The van der Waals surface area contributed by atoms with Crippen LogP contribution in [0.5, 0.6) is 0 Å². The van der Waals surface area contributed by atoms with Crippen LogP contribution in [0, 0.1) is 17.3 Å². The van der Waals surface area contributed by atoms with E-state index in [4.69, 9.17) is 0 Å². The number of carbonyl (C=O) groups is 3. The number of nitrogens with zero attached hydrogens (tertiary/aromatic N) is 1. The van der Waals surface area contributed by atoms with E-state index in [-0.39, 0.29) is 23.8 Å². The fourth-order valence-electron chi connectivity index (χ4n) is 4.90. The highest BCUT2D eigenvalue weighted by molar-refractivity contribution is 6.09. The van der Waals surface area contributed by atoms with Gasteiger partial charge in [0.05, 0.1) is 0 Å². The molecule has 1 aliphatic carbocycles. The van der Waals surface area contributed by atoms with Crippen molar-refractivity contribution in [3.63, 3.8) is 0 Å². The molecule has 0 bridgehead atoms. The Kier molecular flexibility index (Phi) is 6.32. The van der Waals surface area contributed by atoms with Gasteiger partial charge in [-0.2, -0.15) is 0 Å². The standard InChI is InChI=1S/C21H36N4O3/c1-4-20(2,3)16-7-9-21(10-8-16)18(27)25(19(28)24-21)14-17(26)23-13-15-6-5-11-22-12-15/h15-16,22H,4-14H2,1-3H3,(H,23,26)(H,24,28). The minimum absolute atomic E-state index is 0.184. The van der Waals surface area contributed by atoms with Crippen molar-refractivity contribution >= 4 is 17.8 Å². The topological polar surface area (TPSA) is 90.5 Å². The van der Waals surface area contributed by atoms with Gasteiger partial charge in [0.15, 0.2) is 0 Å². The third kappa shape index (κ3) is 4.34. The van der Waals surface area contributed by atoms with Crippen LogP contribution in [-0.4, -0.2) is 54.5 Å². The first-order chi connectivity index (χ1) is 13.3. The molecule has 7 heteroatoms. The maximum atomic E-state index is 13.0. The molecule has 1 unspecified atom stereocenters. The number of amides is 4. The minimum atomic E-state index is -0.801. The molecule has 4 amide bonds. The molecule has 0 radical (unpaired) electrons. The largest absolute Gasteiger partial charge is 0.354 e. The Balaban J connectivity index is 1.53. The van der Waals surface area contributed by atoms with Crippen LogP contribution in [0.25, 0.3) is 0 Å². The van der Waals surface area contributed by atoms with Crippen molar-refractivity contribution in [2.75, 3.05) is 26.2 Å². The van der Waals surface area contributed by atoms with Crippen molar-refractivity contribution in [1.29, 1.82) is 0 Å². The zero-order valence-electron chi connectivity index (χ0n) is 17.6. The van der Waals surface area contributed by atoms with Crippen LogP contribution < -0.4 is 16.0 Å². The van der Waals surface area contributed by atoms with Crippen LogP contribution in [-0.2, 0) is 9.59 Å². The van der Waals surface area contributed by atoms with E-state index in [2.05, 4.69) is 36.7 Å². The van der Waals surface area contributed by atoms with Crippen LogP contribution >= 0.6 is 0 Å². The number of urea groups is 1. The fraction of sp³-hybridized carbons (Fsp3) is 0.857. The molecule has 2 aliphatic heterocycles. The Morgan fingerprint density at radius 2 is 1.96 bits per heavy atom. The van der Waals surface area contributed by atoms with Crippen LogP contribution in [0.1, 0.15) is 65.7 Å². The molecule has 0 aromatic heterocycles. The zero-order chi connectivity index (χ0) is 20.4. The lowest BCUT2D eigenvalue weighted by Gasteiger charge is -2.42. The Bertz CT molecular complexity index is 605. The predicted molar refractivity (Wildman–Crippen MR) is 108 cm³/mol. The Morgan fingerprint density at radius 1 is 1.25 bits per heavy atom. The Hall–Kier alpha value is -1.63. The summed E-state index contributed by atoms with van der Waals surface area (Å²) in [7, 11) is 0. The normalized spacial score (nSPS) is 31.2. The second kappa shape index (κ2) is 8.39. The Labute approximate surface area is 168 Å². The molecule has 1 spiro atoms. The molecule has 3 N–H and O–H groups in total. The lowest BCUT2D eigenvalue weighted by Crippen LogP contribution is -2.51. The highest BCUT2D eigenvalue weighted by Gasteiger charge is 2.53. The molecule has 2 heterocycles. The number of hydrogen-bond donors (Lipinski definition) is 3. The van der Waals surface area contributed by atoms with Crippen molar-refractivity contribution in [2.24, 2.45) is 17.3 Å². The van der Waals surface area contributed by atoms with E-state index < -0.39 is 11.6 Å². The van der Waals surface area contributed by atoms with Crippen LogP contribution in [0.4, 0.5) is 4.79 Å². The SMILES string of the molecule is CCC(C)(C)C1CCC2(CC1)NC(=O)N(CC(=O)NCC1CCCNC1)C2=O. The van der Waals surface area contributed by atoms with Crippen molar-refractivity contribution in [1.82, 2.24) is 20.9 Å². The van der Waals surface area contributed by atoms with Crippen molar-refractivity contribution in [3.05, 3.63) is 0 Å². The first-order valence-corrected chi connectivity index (χ1v) is 10.9. The van der Waals surface area contributed by atoms with Gasteiger partial charge in [-0.25, -0.2) is 4.79 Å². The summed E-state index contributed by atoms with van der Waals surface area (Å²) in [6.45, 7) is 9.11. The predicted octanol–water partition coefficient (Wildman–Crippen LogP) is 2.02. The highest BCUT2D eigenvalue weighted by atomic mass is 16.2. The first-order valence-electron chi connectivity index (χ1n) is 10.9. The number of carbonyl (C=O) groups excluding carboxylic acids is 3. The van der Waals surface area contributed by atoms with E-state index in [1.807, 2.05) is 0 Å². The van der Waals surface area contributed by atoms with Gasteiger partial charge in [-0.1, -0.05) is 27.2 Å². The number of rotatable bonds is 6. The third-order valence-electron chi connectivity index (χ3n) is 7.39. The second-order valence-corrected chi connectivity index (χ2v) is 9.54. The van der Waals surface area contributed by atoms with E-state index in [1.165, 1.54) is 0 Å². The highest BCUT2D eigenvalue weighted by Crippen LogP contribution is 2.45. The van der Waals surface area contributed by atoms with Gasteiger partial charge in [-0.05, 0) is 68.9 Å². The van der Waals surface area contributed by atoms with E-state index in [0.717, 1.165) is 50.1 Å². The van der Waals surface area contributed by atoms with Crippen LogP contribution in [0.2, 0.25) is 0 Å². The quantitative estimate of drug-likeness (QED) is 0.603. The summed E-state index contributed by atoms with van der Waals surface area (Å²) in [6, 6.07) is -0.423. The molecule has 28 heavy (non-hydrogen) atoms. The van der Waals surface area contributed by atoms with Gasteiger partial charge >= 0.3 is 6.03 Å². The summed E-state index contributed by atoms with van der Waals surface area (Å²) in [5, 5.41) is 9.13. The van der Waals surface area contributed by atoms with Crippen LogP contribution in [0.15, 0.2) is 0 Å². The maximum Gasteiger partial charge on any atom is 0.325 e. The number of piperidine rings is 1. The summed E-state index contributed by atoms with van der Waals surface area (Å²) >= 11 is 0. The summed E-state index contributed by atoms with van der Waals surface area (Å²) in [6.07, 6.45) is 6.51. The summed E-state index contributed by atoms with van der Waals surface area (Å²) in [4.78, 5) is 38.9. The number of imide groups is 1. The van der Waals surface area contributed by atoms with Gasteiger partial charge in [-0.15, -0.1) is 0 Å². The molecule has 3 aliphatic rings.